The highest BCUT2D eigenvalue weighted by Crippen LogP contribution is 2.61. The van der Waals surface area contributed by atoms with Gasteiger partial charge in [0.2, 0.25) is 7.51 Å². The van der Waals surface area contributed by atoms with Gasteiger partial charge in [0.15, 0.2) is 0 Å². The lowest BCUT2D eigenvalue weighted by Crippen LogP contribution is -2.44. The molecule has 1 unspecified atom stereocenters. The van der Waals surface area contributed by atoms with Crippen molar-refractivity contribution in [2.24, 2.45) is 9.26 Å². The number of carbonyl (C=O) groups is 2. The second kappa shape index (κ2) is 21.6. The molecule has 0 rings (SSSR count). The number of esters is 1. The lowest BCUT2D eigenvalue weighted by molar-refractivity contribution is -0.145. The molecule has 238 valence electrons. The molecule has 0 radical (unpaired) electrons. The van der Waals surface area contributed by atoms with Gasteiger partial charge in [0.1, 0.15) is 11.6 Å². The monoisotopic (exact) mass is 618 g/mol. The molecular formula is C24H52N4O10P2. The number of unbranched alkanes of at least 4 members (excludes halogenated alkanes) is 1. The van der Waals surface area contributed by atoms with Crippen molar-refractivity contribution in [1.29, 1.82) is 0 Å². The van der Waals surface area contributed by atoms with Crippen LogP contribution in [0.1, 0.15) is 47.0 Å². The fraction of sp³-hybridized carbons (Fsp3) is 0.917. The van der Waals surface area contributed by atoms with Crippen LogP contribution in [0.5, 0.6) is 0 Å². The van der Waals surface area contributed by atoms with E-state index in [1.54, 1.807) is 62.7 Å². The summed E-state index contributed by atoms with van der Waals surface area (Å²) in [5, 5.41) is 5.97. The van der Waals surface area contributed by atoms with Crippen LogP contribution in [0, 0.1) is 0 Å². The molecule has 2 N–H and O–H groups in total. The maximum Gasteiger partial charge on any atom is 0.408 e. The molecule has 2 atom stereocenters. The summed E-state index contributed by atoms with van der Waals surface area (Å²) in [5.74, 6) is -0.508. The van der Waals surface area contributed by atoms with Crippen molar-refractivity contribution in [3.05, 3.63) is 0 Å². The van der Waals surface area contributed by atoms with E-state index in [0.29, 0.717) is 58.8 Å². The fourth-order valence-corrected chi connectivity index (χ4v) is 8.03. The molecule has 1 amide bonds. The Kier molecular flexibility index (Phi) is 21.0. The van der Waals surface area contributed by atoms with Crippen molar-refractivity contribution in [3.63, 3.8) is 0 Å². The van der Waals surface area contributed by atoms with Crippen LogP contribution in [0.2, 0.25) is 0 Å². The Hall–Kier alpha value is -1.08. The quantitative estimate of drug-likeness (QED) is 0.101. The predicted octanol–water partition coefficient (Wildman–Crippen LogP) is 4.43. The van der Waals surface area contributed by atoms with E-state index in [2.05, 4.69) is 15.1 Å². The van der Waals surface area contributed by atoms with Gasteiger partial charge >= 0.3 is 12.1 Å². The molecule has 14 nitrogen and oxygen atoms in total. The molecule has 0 heterocycles. The third-order valence-corrected chi connectivity index (χ3v) is 10.2. The first kappa shape index (κ1) is 38.9. The maximum absolute atomic E-state index is 12.4. The first-order valence-electron chi connectivity index (χ1n) is 13.3. The number of amides is 1. The molecule has 0 aliphatic carbocycles. The number of carbonyl (C=O) groups excluding carboxylic acids is 2. The molecule has 0 aliphatic heterocycles. The number of alkyl carbamates (subject to hydrolysis) is 1. The minimum atomic E-state index is -2.91. The summed E-state index contributed by atoms with van der Waals surface area (Å²) in [6.07, 6.45) is 0.918. The van der Waals surface area contributed by atoms with Crippen LogP contribution in [-0.4, -0.2) is 112 Å². The smallest absolute Gasteiger partial charge is 0.408 e. The lowest BCUT2D eigenvalue weighted by Gasteiger charge is -2.27. The van der Waals surface area contributed by atoms with E-state index in [9.17, 15) is 9.59 Å². The molecule has 0 aromatic carbocycles. The van der Waals surface area contributed by atoms with Gasteiger partial charge in [0.05, 0.1) is 46.2 Å². The molecular weight excluding hydrogens is 566 g/mol. The molecule has 0 bridgehead atoms. The van der Waals surface area contributed by atoms with Crippen molar-refractivity contribution in [3.8, 4) is 0 Å². The summed E-state index contributed by atoms with van der Waals surface area (Å²) in [5.41, 5.74) is -0.687. The number of rotatable bonds is 22. The zero-order valence-electron chi connectivity index (χ0n) is 25.7. The summed E-state index contributed by atoms with van der Waals surface area (Å²) < 4.78 is 53.4. The van der Waals surface area contributed by atoms with Crippen LogP contribution >= 0.6 is 15.1 Å². The first-order chi connectivity index (χ1) is 18.9. The van der Waals surface area contributed by atoms with Gasteiger partial charge in [-0.15, -0.1) is 0 Å². The number of ether oxygens (including phenoxy) is 5. The average Bonchev–Trinajstić information content (AvgIpc) is 2.87. The second-order valence-electron chi connectivity index (χ2n) is 9.47. The molecule has 0 saturated heterocycles. The Bertz CT molecular complexity index is 810. The highest BCUT2D eigenvalue weighted by molar-refractivity contribution is 7.68. The summed E-state index contributed by atoms with van der Waals surface area (Å²) in [4.78, 5) is 24.7. The minimum Gasteiger partial charge on any atom is -0.464 e. The topological polar surface area (TPSA) is 157 Å². The summed E-state index contributed by atoms with van der Waals surface area (Å²) >= 11 is 0. The van der Waals surface area contributed by atoms with Gasteiger partial charge in [0.25, 0.3) is 7.58 Å². The van der Waals surface area contributed by atoms with Crippen molar-refractivity contribution in [2.45, 2.75) is 58.6 Å². The van der Waals surface area contributed by atoms with E-state index in [0.717, 1.165) is 0 Å². The average molecular weight is 619 g/mol. The Morgan fingerprint density at radius 1 is 0.875 bits per heavy atom. The molecule has 0 fully saturated rings. The van der Waals surface area contributed by atoms with E-state index in [4.69, 9.17) is 41.8 Å². The third-order valence-electron chi connectivity index (χ3n) is 4.85. The van der Waals surface area contributed by atoms with Gasteiger partial charge in [0, 0.05) is 41.6 Å². The van der Waals surface area contributed by atoms with E-state index < -0.39 is 38.8 Å². The normalized spacial score (nSPS) is 14.2. The number of hydrogen-bond donors (Lipinski definition) is 2. The van der Waals surface area contributed by atoms with Crippen molar-refractivity contribution in [1.82, 2.24) is 10.4 Å². The van der Waals surface area contributed by atoms with E-state index >= 15 is 0 Å². The number of nitrogens with zero attached hydrogens (tertiary/aromatic N) is 2. The number of nitrogens with one attached hydrogen (secondary N) is 2. The molecule has 40 heavy (non-hydrogen) atoms. The predicted molar refractivity (Wildman–Crippen MR) is 156 cm³/mol. The van der Waals surface area contributed by atoms with Gasteiger partial charge in [-0.2, -0.15) is 4.52 Å². The summed E-state index contributed by atoms with van der Waals surface area (Å²) in [6.45, 7) is 11.4. The second-order valence-corrected chi connectivity index (χ2v) is 14.4. The van der Waals surface area contributed by atoms with Crippen molar-refractivity contribution in [2.75, 3.05) is 87.8 Å². The highest BCUT2D eigenvalue weighted by Gasteiger charge is 2.27. The van der Waals surface area contributed by atoms with Crippen LogP contribution < -0.4 is 10.4 Å². The zero-order valence-corrected chi connectivity index (χ0v) is 27.5. The van der Waals surface area contributed by atoms with Crippen LogP contribution in [0.4, 0.5) is 4.79 Å². The van der Waals surface area contributed by atoms with Gasteiger partial charge in [-0.3, -0.25) is 0 Å². The third kappa shape index (κ3) is 18.4. The Balaban J connectivity index is 5.54. The number of methoxy groups -OCH3 is 3. The summed E-state index contributed by atoms with van der Waals surface area (Å²) in [6, 6.07) is -0.828. The van der Waals surface area contributed by atoms with Crippen LogP contribution in [0.3, 0.4) is 0 Å². The van der Waals surface area contributed by atoms with Crippen molar-refractivity contribution >= 4 is 27.2 Å². The first-order valence-corrected chi connectivity index (χ1v) is 17.0. The molecule has 0 aromatic heterocycles. The van der Waals surface area contributed by atoms with Crippen molar-refractivity contribution < 1.29 is 46.8 Å². The van der Waals surface area contributed by atoms with Gasteiger partial charge in [-0.25, -0.2) is 19.4 Å². The van der Waals surface area contributed by atoms with E-state index in [1.165, 1.54) is 0 Å². The van der Waals surface area contributed by atoms with Gasteiger partial charge < -0.3 is 42.6 Å². The zero-order chi connectivity index (χ0) is 30.5. The summed E-state index contributed by atoms with van der Waals surface area (Å²) in [7, 11) is 0.715. The molecule has 16 heteroatoms. The molecule has 0 spiro atoms. The standard InChI is InChI=1S/C24H52N4O10P2/c1-10-34-22(29)21(27-23(30)38-24(2,3)4)13-11-12-14-26-40(25-5,37-20-17-33-8)28-39(9,35-18-15-31-6)36-19-16-32-7/h21,26H,10-20H2,1-9H3,(H,27,30)/t21-,40?/m0/s1. The van der Waals surface area contributed by atoms with Gasteiger partial charge in [-0.1, -0.05) is 0 Å². The molecule has 0 aromatic rings. The Morgan fingerprint density at radius 3 is 1.90 bits per heavy atom. The molecule has 0 saturated carbocycles. The van der Waals surface area contributed by atoms with E-state index in [1.807, 2.05) is 0 Å². The highest BCUT2D eigenvalue weighted by atomic mass is 31.2. The van der Waals surface area contributed by atoms with Gasteiger partial charge in [-0.05, 0) is 47.0 Å². The number of hydrogen-bond acceptors (Lipinski definition) is 11. The van der Waals surface area contributed by atoms with E-state index in [-0.39, 0.29) is 13.2 Å². The SMILES string of the molecule is CCOC(=O)[C@H](CCCCNP(=NC)(N=P(C)(OCCOC)OCCOC)OCCOC)NC(=O)OC(C)(C)C. The minimum absolute atomic E-state index is 0.207. The Labute approximate surface area is 240 Å². The Morgan fingerprint density at radius 2 is 1.43 bits per heavy atom. The van der Waals surface area contributed by atoms with Crippen LogP contribution in [0.25, 0.3) is 0 Å². The maximum atomic E-state index is 12.4. The van der Waals surface area contributed by atoms with Crippen LogP contribution in [0.15, 0.2) is 9.26 Å². The fourth-order valence-electron chi connectivity index (χ4n) is 3.05. The largest absolute Gasteiger partial charge is 0.464 e. The van der Waals surface area contributed by atoms with Crippen LogP contribution in [-0.2, 0) is 42.1 Å². The molecule has 0 aliphatic rings. The lowest BCUT2D eigenvalue weighted by atomic mass is 10.1.